The zero-order chi connectivity index (χ0) is 27.2. The summed E-state index contributed by atoms with van der Waals surface area (Å²) in [6, 6.07) is 0. The van der Waals surface area contributed by atoms with Crippen LogP contribution in [0.3, 0.4) is 0 Å². The molecule has 0 aliphatic heterocycles. The van der Waals surface area contributed by atoms with Gasteiger partial charge in [0.25, 0.3) is 0 Å². The number of carbonyl (C=O) groups is 2. The number of aliphatic carboxylic acids is 2. The Labute approximate surface area is 240 Å². The van der Waals surface area contributed by atoms with Crippen molar-refractivity contribution in [2.75, 3.05) is 11.5 Å². The van der Waals surface area contributed by atoms with Crippen LogP contribution < -0.4 is 10.2 Å². The third-order valence-electron chi connectivity index (χ3n) is 4.30. The molecule has 0 amide bonds. The van der Waals surface area contributed by atoms with Crippen LogP contribution in [-0.4, -0.2) is 65.7 Å². The van der Waals surface area contributed by atoms with Crippen LogP contribution in [0.25, 0.3) is 0 Å². The van der Waals surface area contributed by atoms with Gasteiger partial charge < -0.3 is 30.0 Å². The normalized spacial score (nSPS) is 11.8. The fraction of sp³-hybridized carbons (Fsp3) is 0.917. The van der Waals surface area contributed by atoms with E-state index in [9.17, 15) is 19.8 Å². The average Bonchev–Trinajstić information content (AvgIpc) is 2.83. The summed E-state index contributed by atoms with van der Waals surface area (Å²) < 4.78 is 3.25. The molecular formula is C24H48O6S4Sn. The van der Waals surface area contributed by atoms with Crippen molar-refractivity contribution >= 4 is 76.3 Å². The molecule has 208 valence electrons. The van der Waals surface area contributed by atoms with Crippen molar-refractivity contribution in [2.45, 2.75) is 124 Å². The molecule has 0 fully saturated rings. The number of unbranched alkanes of at least 4 members (excludes halogenated alkanes) is 8. The fourth-order valence-corrected chi connectivity index (χ4v) is 10.1. The summed E-state index contributed by atoms with van der Waals surface area (Å²) in [6.07, 6.45) is 15.2. The van der Waals surface area contributed by atoms with Gasteiger partial charge in [-0.1, -0.05) is 95.5 Å². The van der Waals surface area contributed by atoms with E-state index in [1.807, 2.05) is 0 Å². The van der Waals surface area contributed by atoms with Gasteiger partial charge in [0.05, 0.1) is 11.9 Å². The molecule has 0 aromatic carbocycles. The second-order valence-electron chi connectivity index (χ2n) is 7.76. The number of aliphatic hydroxyl groups excluding tert-OH is 2. The van der Waals surface area contributed by atoms with Gasteiger partial charge in [-0.25, -0.2) is 0 Å². The molecule has 11 heteroatoms. The summed E-state index contributed by atoms with van der Waals surface area (Å²) >= 11 is 0.149. The second-order valence-corrected chi connectivity index (χ2v) is 17.2. The number of carboxylic acids is 2. The number of hydrogen-bond acceptors (Lipinski definition) is 10. The van der Waals surface area contributed by atoms with Gasteiger partial charge in [-0.05, 0) is 12.8 Å². The van der Waals surface area contributed by atoms with Crippen LogP contribution in [0.4, 0.5) is 0 Å². The zero-order valence-electron chi connectivity index (χ0n) is 22.1. The zero-order valence-corrected chi connectivity index (χ0v) is 28.2. The van der Waals surface area contributed by atoms with Gasteiger partial charge in [-0.3, -0.25) is 0 Å². The molecule has 0 aliphatic carbocycles. The first-order valence-corrected chi connectivity index (χ1v) is 21.6. The van der Waals surface area contributed by atoms with E-state index in [0.29, 0.717) is 0 Å². The van der Waals surface area contributed by atoms with E-state index in [2.05, 4.69) is 27.7 Å². The Kier molecular flexibility index (Phi) is 40.6. The number of rotatable bonds is 22. The van der Waals surface area contributed by atoms with Gasteiger partial charge in [0.15, 0.2) is 0 Å². The van der Waals surface area contributed by atoms with E-state index in [1.165, 1.54) is 85.8 Å². The molecule has 2 N–H and O–H groups in total. The summed E-state index contributed by atoms with van der Waals surface area (Å²) in [5, 5.41) is 37.8. The first-order chi connectivity index (χ1) is 16.8. The van der Waals surface area contributed by atoms with Crippen LogP contribution in [0.2, 0.25) is 8.87 Å². The predicted molar refractivity (Wildman–Crippen MR) is 156 cm³/mol. The monoisotopic (exact) mass is 680 g/mol. The molecule has 0 heterocycles. The molecule has 0 aliphatic rings. The van der Waals surface area contributed by atoms with E-state index in [0.717, 1.165) is 45.9 Å². The molecule has 0 radical (unpaired) electrons. The van der Waals surface area contributed by atoms with Crippen molar-refractivity contribution in [2.24, 2.45) is 0 Å². The van der Waals surface area contributed by atoms with Crippen LogP contribution in [0.5, 0.6) is 0 Å². The molecular weight excluding hydrogens is 631 g/mol. The Morgan fingerprint density at radius 3 is 1.26 bits per heavy atom. The average molecular weight is 680 g/mol. The first-order valence-electron chi connectivity index (χ1n) is 12.8. The molecule has 2 unspecified atom stereocenters. The Bertz CT molecular complexity index is 412. The Balaban J connectivity index is -0.000000448. The molecule has 0 saturated heterocycles. The SMILES string of the molecule is CCCCCCSSC(O)C(=O)[O-].CCCCCCSSC(O)C(=O)[O-].CCC[CH2][Sn+2][CH2]CCC. The third kappa shape index (κ3) is 39.7. The minimum absolute atomic E-state index is 0.149. The van der Waals surface area contributed by atoms with Gasteiger partial charge in [0, 0.05) is 11.5 Å². The second kappa shape index (κ2) is 35.1. The molecule has 0 aromatic heterocycles. The van der Waals surface area contributed by atoms with E-state index >= 15 is 0 Å². The maximum absolute atomic E-state index is 10.1. The standard InChI is InChI=1S/2C8H16O3S2.2C4H9.Sn/c2*1-2-3-4-5-6-12-13-8(11)7(9)10;2*1-3-4-2;/h2*8,11H,2-6H2,1H3,(H,9,10);2*1,3-4H2,2H3;/q;;;;+2/p-2. The number of carbonyl (C=O) groups excluding carboxylic acids is 2. The van der Waals surface area contributed by atoms with Gasteiger partial charge in [0.2, 0.25) is 0 Å². The fourth-order valence-electron chi connectivity index (χ4n) is 2.21. The Hall–Kier alpha value is 1.06. The number of hydrogen-bond donors (Lipinski definition) is 2. The minimum atomic E-state index is -1.41. The van der Waals surface area contributed by atoms with Crippen molar-refractivity contribution in [1.29, 1.82) is 0 Å². The van der Waals surface area contributed by atoms with Crippen molar-refractivity contribution in [3.8, 4) is 0 Å². The van der Waals surface area contributed by atoms with E-state index in [4.69, 9.17) is 10.2 Å². The van der Waals surface area contributed by atoms with Crippen LogP contribution >= 0.6 is 43.2 Å². The summed E-state index contributed by atoms with van der Waals surface area (Å²) in [7, 11) is 4.68. The molecule has 35 heavy (non-hydrogen) atoms. The predicted octanol–water partition coefficient (Wildman–Crippen LogP) is 5.16. The van der Waals surface area contributed by atoms with Crippen LogP contribution in [0.15, 0.2) is 0 Å². The van der Waals surface area contributed by atoms with Gasteiger partial charge in [-0.2, -0.15) is 0 Å². The maximum atomic E-state index is 10.1. The Morgan fingerprint density at radius 1 is 0.629 bits per heavy atom. The molecule has 0 aromatic rings. The van der Waals surface area contributed by atoms with Gasteiger partial charge in [0.1, 0.15) is 10.9 Å². The van der Waals surface area contributed by atoms with Gasteiger partial charge >= 0.3 is 69.5 Å². The molecule has 0 bridgehead atoms. The summed E-state index contributed by atoms with van der Waals surface area (Å²) in [4.78, 5) is 20.1. The van der Waals surface area contributed by atoms with E-state index in [1.54, 1.807) is 8.87 Å². The van der Waals surface area contributed by atoms with Crippen LogP contribution in [0.1, 0.15) is 105 Å². The Morgan fingerprint density at radius 2 is 0.971 bits per heavy atom. The summed E-state index contributed by atoms with van der Waals surface area (Å²) in [6.45, 7) is 8.86. The van der Waals surface area contributed by atoms with Crippen molar-refractivity contribution in [3.63, 3.8) is 0 Å². The summed E-state index contributed by atoms with van der Waals surface area (Å²) in [5.41, 5.74) is -2.78. The molecule has 0 saturated carbocycles. The quantitative estimate of drug-likeness (QED) is 0.0688. The third-order valence-corrected chi connectivity index (χ3v) is 13.2. The van der Waals surface area contributed by atoms with Crippen molar-refractivity contribution < 1.29 is 30.0 Å². The van der Waals surface area contributed by atoms with Crippen molar-refractivity contribution in [1.82, 2.24) is 0 Å². The van der Waals surface area contributed by atoms with E-state index in [-0.39, 0.29) is 21.1 Å². The molecule has 6 nitrogen and oxygen atoms in total. The molecule has 2 atom stereocenters. The van der Waals surface area contributed by atoms with Crippen LogP contribution in [0, 0.1) is 0 Å². The molecule has 0 rings (SSSR count). The number of aliphatic hydroxyl groups is 2. The topological polar surface area (TPSA) is 121 Å². The van der Waals surface area contributed by atoms with Crippen LogP contribution in [-0.2, 0) is 9.59 Å². The van der Waals surface area contributed by atoms with Crippen molar-refractivity contribution in [3.05, 3.63) is 0 Å². The summed E-state index contributed by atoms with van der Waals surface area (Å²) in [5.74, 6) is -1.05. The van der Waals surface area contributed by atoms with E-state index < -0.39 is 22.8 Å². The van der Waals surface area contributed by atoms with Gasteiger partial charge in [-0.15, -0.1) is 0 Å². The molecule has 0 spiro atoms. The first kappa shape index (κ1) is 40.6. The number of carboxylic acid groups (broad SMARTS) is 2.